The first-order valence-electron chi connectivity index (χ1n) is 5.55. The molecule has 0 aromatic carbocycles. The minimum atomic E-state index is 0.961. The number of unbranched alkanes of at least 4 members (excludes halogenated alkanes) is 3. The van der Waals surface area contributed by atoms with Crippen molar-refractivity contribution in [2.45, 2.75) is 46.0 Å². The van der Waals surface area contributed by atoms with Crippen LogP contribution in [0.5, 0.6) is 0 Å². The molecule has 80 valence electrons. The van der Waals surface area contributed by atoms with Gasteiger partial charge in [0.15, 0.2) is 5.13 Å². The third-order valence-corrected chi connectivity index (χ3v) is 3.02. The average Bonchev–Trinajstić information content (AvgIpc) is 2.61. The fraction of sp³-hybridized carbons (Fsp3) is 0.727. The van der Waals surface area contributed by atoms with Gasteiger partial charge in [0.2, 0.25) is 0 Å². The van der Waals surface area contributed by atoms with Crippen molar-refractivity contribution < 1.29 is 0 Å². The molecule has 0 fully saturated rings. The Morgan fingerprint density at radius 1 is 1.29 bits per heavy atom. The van der Waals surface area contributed by atoms with Gasteiger partial charge in [0.25, 0.3) is 0 Å². The zero-order valence-electron chi connectivity index (χ0n) is 9.18. The van der Waals surface area contributed by atoms with E-state index < -0.39 is 0 Å². The van der Waals surface area contributed by atoms with Gasteiger partial charge in [-0.1, -0.05) is 26.2 Å². The van der Waals surface area contributed by atoms with Crippen LogP contribution in [0.25, 0.3) is 0 Å². The summed E-state index contributed by atoms with van der Waals surface area (Å²) in [7, 11) is 0. The summed E-state index contributed by atoms with van der Waals surface area (Å²) < 4.78 is 0. The van der Waals surface area contributed by atoms with Crippen molar-refractivity contribution in [3.63, 3.8) is 0 Å². The van der Waals surface area contributed by atoms with E-state index in [1.807, 2.05) is 0 Å². The van der Waals surface area contributed by atoms with Crippen molar-refractivity contribution in [1.82, 2.24) is 4.98 Å². The molecule has 0 radical (unpaired) electrons. The molecule has 0 amide bonds. The third kappa shape index (κ3) is 4.09. The van der Waals surface area contributed by atoms with Gasteiger partial charge in [-0.05, 0) is 19.8 Å². The summed E-state index contributed by atoms with van der Waals surface area (Å²) in [6.07, 6.45) is 6.42. The molecule has 0 saturated carbocycles. The molecule has 0 aliphatic heterocycles. The lowest BCUT2D eigenvalue weighted by Crippen LogP contribution is -1.95. The first kappa shape index (κ1) is 11.5. The summed E-state index contributed by atoms with van der Waals surface area (Å²) in [5.41, 5.74) is 1.25. The Balaban J connectivity index is 2.22. The second-order valence-corrected chi connectivity index (χ2v) is 4.34. The molecular formula is C11H20N2S. The van der Waals surface area contributed by atoms with Crippen LogP contribution in [0.1, 0.15) is 45.2 Å². The molecule has 0 saturated heterocycles. The Labute approximate surface area is 90.8 Å². The van der Waals surface area contributed by atoms with E-state index in [0.717, 1.165) is 18.1 Å². The average molecular weight is 212 g/mol. The van der Waals surface area contributed by atoms with Gasteiger partial charge in [-0.25, -0.2) is 4.98 Å². The van der Waals surface area contributed by atoms with Crippen molar-refractivity contribution in [3.05, 3.63) is 11.1 Å². The van der Waals surface area contributed by atoms with E-state index in [1.54, 1.807) is 11.3 Å². The van der Waals surface area contributed by atoms with Gasteiger partial charge >= 0.3 is 0 Å². The van der Waals surface area contributed by atoms with E-state index in [0.29, 0.717) is 0 Å². The zero-order valence-corrected chi connectivity index (χ0v) is 9.99. The van der Waals surface area contributed by atoms with Gasteiger partial charge in [0.05, 0.1) is 5.69 Å². The predicted molar refractivity (Wildman–Crippen MR) is 64.1 cm³/mol. The van der Waals surface area contributed by atoms with Crippen LogP contribution >= 0.6 is 11.3 Å². The second kappa shape index (κ2) is 6.82. The monoisotopic (exact) mass is 212 g/mol. The number of rotatable bonds is 7. The molecular weight excluding hydrogens is 192 g/mol. The quantitative estimate of drug-likeness (QED) is 0.697. The highest BCUT2D eigenvalue weighted by Gasteiger charge is 1.99. The summed E-state index contributed by atoms with van der Waals surface area (Å²) in [5.74, 6) is 0. The molecule has 1 rings (SSSR count). The molecule has 3 heteroatoms. The van der Waals surface area contributed by atoms with E-state index in [-0.39, 0.29) is 0 Å². The molecule has 0 aliphatic carbocycles. The molecule has 0 bridgehead atoms. The van der Waals surface area contributed by atoms with E-state index in [2.05, 4.69) is 29.5 Å². The fourth-order valence-electron chi connectivity index (χ4n) is 1.39. The molecule has 14 heavy (non-hydrogen) atoms. The van der Waals surface area contributed by atoms with Crippen molar-refractivity contribution in [1.29, 1.82) is 0 Å². The lowest BCUT2D eigenvalue weighted by atomic mass is 10.1. The summed E-state index contributed by atoms with van der Waals surface area (Å²) in [6, 6.07) is 0. The van der Waals surface area contributed by atoms with Crippen LogP contribution in [0.2, 0.25) is 0 Å². The molecule has 0 unspecified atom stereocenters. The van der Waals surface area contributed by atoms with Crippen LogP contribution < -0.4 is 5.32 Å². The zero-order chi connectivity index (χ0) is 10.2. The number of anilines is 1. The van der Waals surface area contributed by atoms with Crippen LogP contribution in [-0.2, 0) is 6.42 Å². The first-order chi connectivity index (χ1) is 6.86. The lowest BCUT2D eigenvalue weighted by Gasteiger charge is -1.97. The molecule has 1 aromatic rings. The Morgan fingerprint density at radius 2 is 2.14 bits per heavy atom. The van der Waals surface area contributed by atoms with Gasteiger partial charge in [0, 0.05) is 11.9 Å². The van der Waals surface area contributed by atoms with Crippen molar-refractivity contribution in [2.24, 2.45) is 0 Å². The van der Waals surface area contributed by atoms with Crippen LogP contribution in [0, 0.1) is 0 Å². The maximum Gasteiger partial charge on any atom is 0.182 e. The lowest BCUT2D eigenvalue weighted by molar-refractivity contribution is 0.662. The minimum absolute atomic E-state index is 0.961. The largest absolute Gasteiger partial charge is 0.362 e. The number of nitrogens with zero attached hydrogens (tertiary/aromatic N) is 1. The molecule has 0 atom stereocenters. The molecule has 2 nitrogen and oxygen atoms in total. The van der Waals surface area contributed by atoms with Crippen LogP contribution in [-0.4, -0.2) is 11.5 Å². The number of aryl methyl sites for hydroxylation is 1. The first-order valence-corrected chi connectivity index (χ1v) is 6.43. The minimum Gasteiger partial charge on any atom is -0.362 e. The topological polar surface area (TPSA) is 24.9 Å². The summed E-state index contributed by atoms with van der Waals surface area (Å²) in [4.78, 5) is 4.51. The number of thiazole rings is 1. The molecule has 1 N–H and O–H groups in total. The number of hydrogen-bond acceptors (Lipinski definition) is 3. The Bertz CT molecular complexity index is 245. The van der Waals surface area contributed by atoms with Crippen molar-refractivity contribution in [3.8, 4) is 0 Å². The molecule has 0 aliphatic rings. The third-order valence-electron chi connectivity index (χ3n) is 2.17. The van der Waals surface area contributed by atoms with Crippen LogP contribution in [0.3, 0.4) is 0 Å². The van der Waals surface area contributed by atoms with Gasteiger partial charge in [0.1, 0.15) is 0 Å². The highest BCUT2D eigenvalue weighted by Crippen LogP contribution is 2.16. The molecule has 0 spiro atoms. The number of hydrogen-bond donors (Lipinski definition) is 1. The van der Waals surface area contributed by atoms with E-state index in [1.165, 1.54) is 31.4 Å². The summed E-state index contributed by atoms with van der Waals surface area (Å²) >= 11 is 1.72. The fourth-order valence-corrected chi connectivity index (χ4v) is 2.20. The second-order valence-electron chi connectivity index (χ2n) is 3.48. The van der Waals surface area contributed by atoms with Crippen LogP contribution in [0.15, 0.2) is 5.38 Å². The maximum absolute atomic E-state index is 4.51. The predicted octanol–water partition coefficient (Wildman–Crippen LogP) is 3.70. The van der Waals surface area contributed by atoms with E-state index in [4.69, 9.17) is 0 Å². The van der Waals surface area contributed by atoms with Gasteiger partial charge in [-0.15, -0.1) is 11.3 Å². The number of nitrogens with one attached hydrogen (secondary N) is 1. The van der Waals surface area contributed by atoms with E-state index >= 15 is 0 Å². The highest BCUT2D eigenvalue weighted by atomic mass is 32.1. The Morgan fingerprint density at radius 3 is 2.86 bits per heavy atom. The maximum atomic E-state index is 4.51. The van der Waals surface area contributed by atoms with Crippen molar-refractivity contribution >= 4 is 16.5 Å². The van der Waals surface area contributed by atoms with Gasteiger partial charge in [-0.2, -0.15) is 0 Å². The smallest absolute Gasteiger partial charge is 0.182 e. The molecule has 1 aromatic heterocycles. The highest BCUT2D eigenvalue weighted by molar-refractivity contribution is 7.13. The number of aromatic nitrogens is 1. The van der Waals surface area contributed by atoms with Crippen molar-refractivity contribution in [2.75, 3.05) is 11.9 Å². The molecule has 1 heterocycles. The van der Waals surface area contributed by atoms with Crippen LogP contribution in [0.4, 0.5) is 5.13 Å². The summed E-state index contributed by atoms with van der Waals surface area (Å²) in [5, 5.41) is 6.48. The van der Waals surface area contributed by atoms with Gasteiger partial charge in [-0.3, -0.25) is 0 Å². The van der Waals surface area contributed by atoms with Gasteiger partial charge < -0.3 is 5.32 Å². The Kier molecular flexibility index (Phi) is 5.60. The Hall–Kier alpha value is -0.570. The normalized spacial score (nSPS) is 10.4. The SMILES string of the molecule is CCCCCCc1csc(NCC)n1. The standard InChI is InChI=1S/C11H20N2S/c1-3-5-6-7-8-10-9-14-11(13-10)12-4-2/h9H,3-8H2,1-2H3,(H,12,13). The summed E-state index contributed by atoms with van der Waals surface area (Å²) in [6.45, 7) is 5.30. The van der Waals surface area contributed by atoms with E-state index in [9.17, 15) is 0 Å².